The maximum atomic E-state index is 12.9. The standard InChI is InChI=1S/C28H27N5O3S2/c1-18(36-21-12-8-11-20(15-21)35-2)26-31-32-28(33(26)19-9-4-3-5-10-19)37-17-25(34)30-27-23(16-29)22-13-6-7-14-24(22)38-27/h3-5,8-12,15,18H,6-7,13-14,17H2,1-2H3,(H,30,34). The smallest absolute Gasteiger partial charge is 0.235 e. The molecule has 194 valence electrons. The van der Waals surface area contributed by atoms with E-state index in [4.69, 9.17) is 9.47 Å². The van der Waals surface area contributed by atoms with Crippen molar-refractivity contribution in [3.63, 3.8) is 0 Å². The van der Waals surface area contributed by atoms with Gasteiger partial charge in [0, 0.05) is 16.6 Å². The molecule has 2 aromatic heterocycles. The molecule has 1 atom stereocenters. The van der Waals surface area contributed by atoms with Crippen molar-refractivity contribution in [2.75, 3.05) is 18.2 Å². The Morgan fingerprint density at radius 1 is 1.16 bits per heavy atom. The number of para-hydroxylation sites is 1. The maximum absolute atomic E-state index is 12.9. The molecule has 0 saturated carbocycles. The van der Waals surface area contributed by atoms with Gasteiger partial charge in [0.05, 0.1) is 18.4 Å². The summed E-state index contributed by atoms with van der Waals surface area (Å²) in [6.45, 7) is 1.91. The van der Waals surface area contributed by atoms with E-state index in [0.29, 0.717) is 33.0 Å². The number of amides is 1. The highest BCUT2D eigenvalue weighted by Gasteiger charge is 2.24. The molecule has 1 amide bonds. The summed E-state index contributed by atoms with van der Waals surface area (Å²) >= 11 is 2.82. The second-order valence-electron chi connectivity index (χ2n) is 8.81. The number of anilines is 1. The third kappa shape index (κ3) is 5.54. The van der Waals surface area contributed by atoms with Crippen molar-refractivity contribution in [3.05, 3.63) is 76.4 Å². The van der Waals surface area contributed by atoms with Crippen molar-refractivity contribution in [1.82, 2.24) is 14.8 Å². The van der Waals surface area contributed by atoms with E-state index in [2.05, 4.69) is 21.6 Å². The van der Waals surface area contributed by atoms with Gasteiger partial charge < -0.3 is 14.8 Å². The van der Waals surface area contributed by atoms with E-state index in [9.17, 15) is 10.1 Å². The fourth-order valence-electron chi connectivity index (χ4n) is 4.45. The first-order chi connectivity index (χ1) is 18.6. The first-order valence-electron chi connectivity index (χ1n) is 12.4. The lowest BCUT2D eigenvalue weighted by molar-refractivity contribution is -0.113. The zero-order valence-corrected chi connectivity index (χ0v) is 22.8. The van der Waals surface area contributed by atoms with Gasteiger partial charge in [-0.05, 0) is 62.4 Å². The number of hydrogen-bond donors (Lipinski definition) is 1. The number of hydrogen-bond acceptors (Lipinski definition) is 8. The van der Waals surface area contributed by atoms with Crippen LogP contribution in [0.15, 0.2) is 59.8 Å². The Morgan fingerprint density at radius 2 is 1.95 bits per heavy atom. The number of benzene rings is 2. The summed E-state index contributed by atoms with van der Waals surface area (Å²) in [4.78, 5) is 14.1. The van der Waals surface area contributed by atoms with Crippen LogP contribution in [-0.2, 0) is 17.6 Å². The summed E-state index contributed by atoms with van der Waals surface area (Å²) in [6, 6.07) is 19.4. The largest absolute Gasteiger partial charge is 0.497 e. The number of aryl methyl sites for hydroxylation is 1. The number of thioether (sulfide) groups is 1. The molecule has 0 fully saturated rings. The van der Waals surface area contributed by atoms with Crippen LogP contribution >= 0.6 is 23.1 Å². The van der Waals surface area contributed by atoms with Crippen LogP contribution in [0.3, 0.4) is 0 Å². The number of ether oxygens (including phenoxy) is 2. The number of thiophene rings is 1. The Labute approximate surface area is 229 Å². The van der Waals surface area contributed by atoms with Crippen molar-refractivity contribution in [1.29, 1.82) is 5.26 Å². The number of nitrogens with one attached hydrogen (secondary N) is 1. The number of nitriles is 1. The molecule has 4 aromatic rings. The van der Waals surface area contributed by atoms with Gasteiger partial charge in [0.15, 0.2) is 17.1 Å². The van der Waals surface area contributed by atoms with Crippen LogP contribution < -0.4 is 14.8 Å². The highest BCUT2D eigenvalue weighted by Crippen LogP contribution is 2.38. The second kappa shape index (κ2) is 11.7. The number of aromatic nitrogens is 3. The lowest BCUT2D eigenvalue weighted by atomic mass is 9.96. The zero-order chi connectivity index (χ0) is 26.5. The molecule has 10 heteroatoms. The van der Waals surface area contributed by atoms with Crippen LogP contribution in [0.1, 0.15) is 47.7 Å². The first-order valence-corrected chi connectivity index (χ1v) is 14.2. The van der Waals surface area contributed by atoms with E-state index in [1.165, 1.54) is 28.0 Å². The van der Waals surface area contributed by atoms with Gasteiger partial charge in [-0.1, -0.05) is 36.0 Å². The van der Waals surface area contributed by atoms with Crippen LogP contribution in [-0.4, -0.2) is 33.5 Å². The Balaban J connectivity index is 1.34. The number of carbonyl (C=O) groups is 1. The summed E-state index contributed by atoms with van der Waals surface area (Å²) in [5.74, 6) is 1.91. The molecule has 0 bridgehead atoms. The predicted octanol–water partition coefficient (Wildman–Crippen LogP) is 5.96. The number of rotatable bonds is 9. The van der Waals surface area contributed by atoms with E-state index >= 15 is 0 Å². The molecule has 1 unspecified atom stereocenters. The topological polar surface area (TPSA) is 102 Å². The summed E-state index contributed by atoms with van der Waals surface area (Å²) in [5.41, 5.74) is 2.58. The molecule has 0 spiro atoms. The fraction of sp³-hybridized carbons (Fsp3) is 0.286. The van der Waals surface area contributed by atoms with Crippen molar-refractivity contribution in [3.8, 4) is 23.3 Å². The normalized spacial score (nSPS) is 13.3. The molecule has 0 saturated heterocycles. The summed E-state index contributed by atoms with van der Waals surface area (Å²) < 4.78 is 13.4. The van der Waals surface area contributed by atoms with Crippen LogP contribution in [0.2, 0.25) is 0 Å². The highest BCUT2D eigenvalue weighted by molar-refractivity contribution is 7.99. The number of methoxy groups -OCH3 is 1. The molecule has 1 N–H and O–H groups in total. The SMILES string of the molecule is COc1cccc(OC(C)c2nnc(SCC(=O)Nc3sc4c(c3C#N)CCCC4)n2-c2ccccc2)c1. The average molecular weight is 546 g/mol. The lowest BCUT2D eigenvalue weighted by Gasteiger charge is -2.17. The molecule has 2 heterocycles. The van der Waals surface area contributed by atoms with Crippen molar-refractivity contribution in [2.45, 2.75) is 43.9 Å². The molecule has 38 heavy (non-hydrogen) atoms. The third-order valence-corrected chi connectivity index (χ3v) is 8.40. The van der Waals surface area contributed by atoms with E-state index in [-0.39, 0.29) is 11.7 Å². The Bertz CT molecular complexity index is 1480. The summed E-state index contributed by atoms with van der Waals surface area (Å²) in [6.07, 6.45) is 3.66. The van der Waals surface area contributed by atoms with Crippen LogP contribution in [0.4, 0.5) is 5.00 Å². The third-order valence-electron chi connectivity index (χ3n) is 6.26. The van der Waals surface area contributed by atoms with Crippen molar-refractivity contribution < 1.29 is 14.3 Å². The summed E-state index contributed by atoms with van der Waals surface area (Å²) in [5, 5.41) is 22.7. The van der Waals surface area contributed by atoms with Crippen molar-refractivity contribution in [2.24, 2.45) is 0 Å². The predicted molar refractivity (Wildman–Crippen MR) is 148 cm³/mol. The number of carbonyl (C=O) groups excluding carboxylic acids is 1. The van der Waals surface area contributed by atoms with E-state index in [1.54, 1.807) is 7.11 Å². The minimum absolute atomic E-state index is 0.128. The second-order valence-corrected chi connectivity index (χ2v) is 10.9. The fourth-order valence-corrected chi connectivity index (χ4v) is 6.47. The molecule has 1 aliphatic carbocycles. The number of nitrogens with zero attached hydrogens (tertiary/aromatic N) is 4. The minimum atomic E-state index is -0.423. The molecule has 8 nitrogen and oxygen atoms in total. The zero-order valence-electron chi connectivity index (χ0n) is 21.1. The van der Waals surface area contributed by atoms with Gasteiger partial charge in [-0.2, -0.15) is 5.26 Å². The van der Waals surface area contributed by atoms with Crippen molar-refractivity contribution >= 4 is 34.0 Å². The van der Waals surface area contributed by atoms with E-state index in [0.717, 1.165) is 36.9 Å². The molecular formula is C28H27N5O3S2. The van der Waals surface area contributed by atoms with Gasteiger partial charge in [0.1, 0.15) is 22.6 Å². The Morgan fingerprint density at radius 3 is 2.74 bits per heavy atom. The van der Waals surface area contributed by atoms with E-state index in [1.807, 2.05) is 66.1 Å². The average Bonchev–Trinajstić information content (AvgIpc) is 3.53. The first kappa shape index (κ1) is 25.8. The maximum Gasteiger partial charge on any atom is 0.235 e. The minimum Gasteiger partial charge on any atom is -0.497 e. The Hall–Kier alpha value is -3.81. The van der Waals surface area contributed by atoms with Gasteiger partial charge in [0.2, 0.25) is 5.91 Å². The molecule has 0 radical (unpaired) electrons. The highest BCUT2D eigenvalue weighted by atomic mass is 32.2. The molecule has 1 aliphatic rings. The van der Waals surface area contributed by atoms with Crippen LogP contribution in [0, 0.1) is 11.3 Å². The number of fused-ring (bicyclic) bond motifs is 1. The van der Waals surface area contributed by atoms with Crippen LogP contribution in [0.5, 0.6) is 11.5 Å². The van der Waals surface area contributed by atoms with Gasteiger partial charge in [0.25, 0.3) is 0 Å². The quantitative estimate of drug-likeness (QED) is 0.259. The monoisotopic (exact) mass is 545 g/mol. The molecule has 0 aliphatic heterocycles. The van der Waals surface area contributed by atoms with Gasteiger partial charge in [-0.3, -0.25) is 9.36 Å². The molecule has 5 rings (SSSR count). The van der Waals surface area contributed by atoms with Crippen LogP contribution in [0.25, 0.3) is 5.69 Å². The molecular weight excluding hydrogens is 518 g/mol. The van der Waals surface area contributed by atoms with Gasteiger partial charge in [-0.15, -0.1) is 21.5 Å². The summed E-state index contributed by atoms with van der Waals surface area (Å²) in [7, 11) is 1.61. The Kier molecular flexibility index (Phi) is 7.96. The molecule has 2 aromatic carbocycles. The van der Waals surface area contributed by atoms with Gasteiger partial charge >= 0.3 is 0 Å². The lowest BCUT2D eigenvalue weighted by Crippen LogP contribution is -2.15. The van der Waals surface area contributed by atoms with E-state index < -0.39 is 6.10 Å². The van der Waals surface area contributed by atoms with Gasteiger partial charge in [-0.25, -0.2) is 0 Å².